The van der Waals surface area contributed by atoms with Crippen LogP contribution < -0.4 is 4.72 Å². The van der Waals surface area contributed by atoms with E-state index in [-0.39, 0.29) is 11.3 Å². The molecule has 10 heteroatoms. The first kappa shape index (κ1) is 18.8. The van der Waals surface area contributed by atoms with Crippen LogP contribution in [-0.2, 0) is 10.2 Å². The molecule has 0 heterocycles. The molecule has 0 fully saturated rings. The van der Waals surface area contributed by atoms with E-state index >= 15 is 0 Å². The molecule has 1 N–H and O–H groups in total. The minimum absolute atomic E-state index is 0.101. The van der Waals surface area contributed by atoms with Crippen LogP contribution in [0, 0.1) is 10.1 Å². The Morgan fingerprint density at radius 2 is 1.68 bits per heavy atom. The van der Waals surface area contributed by atoms with Crippen molar-refractivity contribution in [3.63, 3.8) is 0 Å². The highest BCUT2D eigenvalue weighted by Crippen LogP contribution is 2.28. The number of nitrogens with one attached hydrogen (secondary N) is 1. The van der Waals surface area contributed by atoms with E-state index in [2.05, 4.69) is 4.72 Å². The van der Waals surface area contributed by atoms with E-state index in [0.717, 1.165) is 16.4 Å². The van der Waals surface area contributed by atoms with Gasteiger partial charge in [-0.05, 0) is 36.4 Å². The molecule has 0 unspecified atom stereocenters. The predicted octanol–water partition coefficient (Wildman–Crippen LogP) is 2.70. The number of ketones is 1. The van der Waals surface area contributed by atoms with E-state index in [9.17, 15) is 23.3 Å². The van der Waals surface area contributed by atoms with Gasteiger partial charge in [-0.15, -0.1) is 0 Å². The highest BCUT2D eigenvalue weighted by molar-refractivity contribution is 7.90. The van der Waals surface area contributed by atoms with Crippen LogP contribution in [0.2, 0.25) is 5.02 Å². The van der Waals surface area contributed by atoms with Crippen molar-refractivity contribution >= 4 is 39.0 Å². The number of hydrogen-bond donors (Lipinski definition) is 1. The average Bonchev–Trinajstić information content (AvgIpc) is 2.54. The highest BCUT2D eigenvalue weighted by Gasteiger charge is 2.22. The molecule has 0 atom stereocenters. The maximum Gasteiger partial charge on any atom is 0.301 e. The summed E-state index contributed by atoms with van der Waals surface area (Å²) in [5.74, 6) is -0.420. The summed E-state index contributed by atoms with van der Waals surface area (Å²) in [6.45, 7) is 0. The van der Waals surface area contributed by atoms with Gasteiger partial charge in [0.05, 0.1) is 4.92 Å². The third-order valence-electron chi connectivity index (χ3n) is 3.28. The van der Waals surface area contributed by atoms with Crippen molar-refractivity contribution in [1.29, 1.82) is 0 Å². The summed E-state index contributed by atoms with van der Waals surface area (Å²) < 4.78 is 26.9. The molecule has 0 aromatic heterocycles. The molecule has 132 valence electrons. The number of hydrogen-bond acceptors (Lipinski definition) is 5. The topological polar surface area (TPSA) is 110 Å². The summed E-state index contributed by atoms with van der Waals surface area (Å²) in [6.07, 6.45) is 0. The van der Waals surface area contributed by atoms with E-state index in [0.29, 0.717) is 10.6 Å². The number of halogens is 1. The summed E-state index contributed by atoms with van der Waals surface area (Å²) >= 11 is 5.78. The maximum absolute atomic E-state index is 12.5. The van der Waals surface area contributed by atoms with E-state index < -0.39 is 26.6 Å². The normalized spacial score (nSPS) is 11.4. The van der Waals surface area contributed by atoms with Gasteiger partial charge in [-0.25, -0.2) is 0 Å². The van der Waals surface area contributed by atoms with Crippen molar-refractivity contribution < 1.29 is 18.1 Å². The van der Waals surface area contributed by atoms with Crippen LogP contribution in [0.5, 0.6) is 0 Å². The maximum atomic E-state index is 12.5. The lowest BCUT2D eigenvalue weighted by atomic mass is 10.0. The van der Waals surface area contributed by atoms with E-state index in [1.807, 2.05) is 0 Å². The van der Waals surface area contributed by atoms with Gasteiger partial charge in [0.15, 0.2) is 5.78 Å². The quantitative estimate of drug-likeness (QED) is 0.468. The van der Waals surface area contributed by atoms with E-state index in [1.165, 1.54) is 44.4 Å². The lowest BCUT2D eigenvalue weighted by Gasteiger charge is -2.14. The lowest BCUT2D eigenvalue weighted by molar-refractivity contribution is -0.383. The number of anilines is 1. The number of nitro groups is 1. The largest absolute Gasteiger partial charge is 0.301 e. The number of carbonyl (C=O) groups is 1. The van der Waals surface area contributed by atoms with E-state index in [1.54, 1.807) is 0 Å². The Kier molecular flexibility index (Phi) is 5.41. The minimum Gasteiger partial charge on any atom is -0.289 e. The predicted molar refractivity (Wildman–Crippen MR) is 94.2 cm³/mol. The fraction of sp³-hybridized carbons (Fsp3) is 0.133. The number of nitro benzene ring substituents is 1. The Morgan fingerprint density at radius 3 is 2.20 bits per heavy atom. The molecule has 0 spiro atoms. The van der Waals surface area contributed by atoms with Gasteiger partial charge in [-0.3, -0.25) is 19.6 Å². The summed E-state index contributed by atoms with van der Waals surface area (Å²) in [5, 5.41) is 11.6. The van der Waals surface area contributed by atoms with Gasteiger partial charge >= 0.3 is 10.2 Å². The molecule has 25 heavy (non-hydrogen) atoms. The van der Waals surface area contributed by atoms with Crippen LogP contribution in [0.1, 0.15) is 15.9 Å². The first-order valence-electron chi connectivity index (χ1n) is 6.91. The first-order chi connectivity index (χ1) is 11.6. The molecule has 0 saturated heterocycles. The van der Waals surface area contributed by atoms with E-state index in [4.69, 9.17) is 11.6 Å². The Balaban J connectivity index is 2.48. The SMILES string of the molecule is CN(C)S(=O)(=O)Nc1cc(C(=O)c2ccc(Cl)cc2)ccc1[N+](=O)[O-]. The fourth-order valence-corrected chi connectivity index (χ4v) is 2.67. The number of rotatable bonds is 6. The molecular weight excluding hydrogens is 370 g/mol. The monoisotopic (exact) mass is 383 g/mol. The van der Waals surface area contributed by atoms with Crippen LogP contribution in [0.15, 0.2) is 42.5 Å². The highest BCUT2D eigenvalue weighted by atomic mass is 35.5. The van der Waals surface area contributed by atoms with Crippen molar-refractivity contribution in [2.24, 2.45) is 0 Å². The zero-order valence-electron chi connectivity index (χ0n) is 13.3. The molecular formula is C15H14ClN3O5S. The molecule has 0 aliphatic rings. The molecule has 0 saturated carbocycles. The zero-order chi connectivity index (χ0) is 18.8. The zero-order valence-corrected chi connectivity index (χ0v) is 14.8. The van der Waals surface area contributed by atoms with Crippen LogP contribution >= 0.6 is 11.6 Å². The van der Waals surface area contributed by atoms with Crippen molar-refractivity contribution in [3.8, 4) is 0 Å². The Hall–Kier alpha value is -2.49. The van der Waals surface area contributed by atoms with Crippen LogP contribution in [-0.4, -0.2) is 37.5 Å². The smallest absolute Gasteiger partial charge is 0.289 e. The van der Waals surface area contributed by atoms with Crippen molar-refractivity contribution in [2.75, 3.05) is 18.8 Å². The second-order valence-electron chi connectivity index (χ2n) is 5.21. The molecule has 2 aromatic carbocycles. The van der Waals surface area contributed by atoms with Crippen molar-refractivity contribution in [2.45, 2.75) is 0 Å². The standard InChI is InChI=1S/C15H14ClN3O5S/c1-18(2)25(23,24)17-13-9-11(5-8-14(13)19(21)22)15(20)10-3-6-12(16)7-4-10/h3-9,17H,1-2H3. The molecule has 0 radical (unpaired) electrons. The van der Waals surface area contributed by atoms with Crippen LogP contribution in [0.4, 0.5) is 11.4 Å². The van der Waals surface area contributed by atoms with Gasteiger partial charge in [0.2, 0.25) is 0 Å². The van der Waals surface area contributed by atoms with Gasteiger partial charge in [0.1, 0.15) is 5.69 Å². The summed E-state index contributed by atoms with van der Waals surface area (Å²) in [7, 11) is -1.42. The Morgan fingerprint density at radius 1 is 1.12 bits per heavy atom. The third-order valence-corrected chi connectivity index (χ3v) is 4.97. The van der Waals surface area contributed by atoms with Crippen molar-refractivity contribution in [1.82, 2.24) is 4.31 Å². The molecule has 2 rings (SSSR count). The summed E-state index contributed by atoms with van der Waals surface area (Å²) in [4.78, 5) is 22.9. The molecule has 0 amide bonds. The second-order valence-corrected chi connectivity index (χ2v) is 7.54. The first-order valence-corrected chi connectivity index (χ1v) is 8.72. The van der Waals surface area contributed by atoms with Gasteiger partial charge in [-0.2, -0.15) is 12.7 Å². The van der Waals surface area contributed by atoms with Crippen LogP contribution in [0.3, 0.4) is 0 Å². The Labute approximate surface area is 149 Å². The fourth-order valence-electron chi connectivity index (χ4n) is 1.92. The Bertz CT molecular complexity index is 927. The van der Waals surface area contributed by atoms with Crippen LogP contribution in [0.25, 0.3) is 0 Å². The minimum atomic E-state index is -3.97. The van der Waals surface area contributed by atoms with Gasteiger partial charge in [0, 0.05) is 36.3 Å². The number of nitrogens with zero attached hydrogens (tertiary/aromatic N) is 2. The summed E-state index contributed by atoms with van der Waals surface area (Å²) in [6, 6.07) is 9.58. The molecule has 2 aromatic rings. The molecule has 0 aliphatic heterocycles. The number of carbonyl (C=O) groups excluding carboxylic acids is 1. The third kappa shape index (κ3) is 4.32. The molecule has 0 bridgehead atoms. The molecule has 0 aliphatic carbocycles. The van der Waals surface area contributed by atoms with Crippen molar-refractivity contribution in [3.05, 3.63) is 68.7 Å². The van der Waals surface area contributed by atoms with Gasteiger partial charge in [0.25, 0.3) is 5.69 Å². The van der Waals surface area contributed by atoms with Gasteiger partial charge in [-0.1, -0.05) is 11.6 Å². The lowest BCUT2D eigenvalue weighted by Crippen LogP contribution is -2.29. The average molecular weight is 384 g/mol. The second kappa shape index (κ2) is 7.18. The summed E-state index contributed by atoms with van der Waals surface area (Å²) in [5.41, 5.74) is -0.333. The number of benzene rings is 2. The van der Waals surface area contributed by atoms with Gasteiger partial charge < -0.3 is 0 Å². The molecule has 8 nitrogen and oxygen atoms in total.